The Labute approximate surface area is 152 Å². The molecule has 0 unspecified atom stereocenters. The summed E-state index contributed by atoms with van der Waals surface area (Å²) in [5.41, 5.74) is 2.20. The summed E-state index contributed by atoms with van der Waals surface area (Å²) in [4.78, 5) is 26.6. The van der Waals surface area contributed by atoms with Crippen LogP contribution in [0, 0.1) is 11.7 Å². The molecule has 1 aliphatic heterocycles. The predicted octanol–water partition coefficient (Wildman–Crippen LogP) is 3.80. The third kappa shape index (κ3) is 3.47. The number of halogens is 1. The van der Waals surface area contributed by atoms with Crippen molar-refractivity contribution in [3.8, 4) is 0 Å². The van der Waals surface area contributed by atoms with Crippen LogP contribution in [0.15, 0.2) is 48.5 Å². The first-order valence-electron chi connectivity index (χ1n) is 9.07. The number of carbonyl (C=O) groups is 2. The maximum atomic E-state index is 13.3. The Kier molecular flexibility index (Phi) is 4.45. The molecule has 2 fully saturated rings. The highest BCUT2D eigenvalue weighted by atomic mass is 19.1. The van der Waals surface area contributed by atoms with Gasteiger partial charge in [0.1, 0.15) is 5.82 Å². The molecule has 4 nitrogen and oxygen atoms in total. The summed E-state index contributed by atoms with van der Waals surface area (Å²) in [6, 6.07) is 13.5. The van der Waals surface area contributed by atoms with Crippen LogP contribution in [0.5, 0.6) is 0 Å². The van der Waals surface area contributed by atoms with Crippen molar-refractivity contribution in [1.29, 1.82) is 0 Å². The maximum absolute atomic E-state index is 13.3. The van der Waals surface area contributed by atoms with Crippen LogP contribution in [0.25, 0.3) is 0 Å². The van der Waals surface area contributed by atoms with E-state index in [2.05, 4.69) is 5.32 Å². The molecule has 2 amide bonds. The first-order valence-corrected chi connectivity index (χ1v) is 9.07. The summed E-state index contributed by atoms with van der Waals surface area (Å²) in [7, 11) is 0. The summed E-state index contributed by atoms with van der Waals surface area (Å²) in [5.74, 6) is -0.317. The number of anilines is 1. The fourth-order valence-corrected chi connectivity index (χ4v) is 3.62. The molecule has 5 heteroatoms. The molecule has 1 aliphatic carbocycles. The highest BCUT2D eigenvalue weighted by molar-refractivity contribution is 5.97. The zero-order valence-corrected chi connectivity index (χ0v) is 14.5. The molecule has 4 rings (SSSR count). The number of nitrogens with one attached hydrogen (secondary N) is 1. The summed E-state index contributed by atoms with van der Waals surface area (Å²) in [5, 5.41) is 2.90. The predicted molar refractivity (Wildman–Crippen MR) is 97.5 cm³/mol. The van der Waals surface area contributed by atoms with Crippen LogP contribution < -0.4 is 5.32 Å². The van der Waals surface area contributed by atoms with Crippen molar-refractivity contribution in [2.24, 2.45) is 5.92 Å². The van der Waals surface area contributed by atoms with Crippen LogP contribution in [-0.2, 0) is 4.79 Å². The highest BCUT2D eigenvalue weighted by Crippen LogP contribution is 2.48. The molecular formula is C21H21FN2O2. The quantitative estimate of drug-likeness (QED) is 0.910. The van der Waals surface area contributed by atoms with Gasteiger partial charge in [0, 0.05) is 30.3 Å². The first kappa shape index (κ1) is 16.8. The molecule has 1 saturated heterocycles. The average Bonchev–Trinajstić information content (AvgIpc) is 3.27. The number of rotatable bonds is 4. The van der Waals surface area contributed by atoms with Gasteiger partial charge < -0.3 is 10.2 Å². The van der Waals surface area contributed by atoms with Gasteiger partial charge in [0.2, 0.25) is 5.91 Å². The van der Waals surface area contributed by atoms with Crippen molar-refractivity contribution in [3.05, 3.63) is 65.5 Å². The highest BCUT2D eigenvalue weighted by Gasteiger charge is 2.44. The summed E-state index contributed by atoms with van der Waals surface area (Å²) >= 11 is 0. The molecule has 1 saturated carbocycles. The zero-order valence-electron chi connectivity index (χ0n) is 14.5. The van der Waals surface area contributed by atoms with Gasteiger partial charge in [0.25, 0.3) is 5.91 Å². The topological polar surface area (TPSA) is 49.4 Å². The molecule has 1 N–H and O–H groups in total. The van der Waals surface area contributed by atoms with Gasteiger partial charge in [0.05, 0.1) is 0 Å². The number of hydrogen-bond donors (Lipinski definition) is 1. The normalized spacial score (nSPS) is 21.5. The lowest BCUT2D eigenvalue weighted by Crippen LogP contribution is -2.27. The fraction of sp³-hybridized carbons (Fsp3) is 0.333. The van der Waals surface area contributed by atoms with E-state index < -0.39 is 0 Å². The van der Waals surface area contributed by atoms with Gasteiger partial charge in [-0.05, 0) is 67.1 Å². The van der Waals surface area contributed by atoms with Crippen LogP contribution in [0.3, 0.4) is 0 Å². The lowest BCUT2D eigenvalue weighted by molar-refractivity contribution is -0.117. The summed E-state index contributed by atoms with van der Waals surface area (Å²) in [6.07, 6.45) is 2.86. The van der Waals surface area contributed by atoms with E-state index in [1.807, 2.05) is 11.0 Å². The van der Waals surface area contributed by atoms with Crippen LogP contribution in [-0.4, -0.2) is 29.8 Å². The van der Waals surface area contributed by atoms with Crippen LogP contribution >= 0.6 is 0 Å². The second kappa shape index (κ2) is 6.90. The Morgan fingerprint density at radius 3 is 2.46 bits per heavy atom. The van der Waals surface area contributed by atoms with Gasteiger partial charge in [-0.2, -0.15) is 0 Å². The SMILES string of the molecule is O=C(Nc1ccc(C(=O)N2CCCC2)cc1)[C@H]1C[C@H]1c1cccc(F)c1. The molecule has 134 valence electrons. The van der Waals surface area contributed by atoms with Gasteiger partial charge in [-0.25, -0.2) is 4.39 Å². The van der Waals surface area contributed by atoms with Crippen molar-refractivity contribution in [1.82, 2.24) is 4.90 Å². The number of amides is 2. The van der Waals surface area contributed by atoms with Crippen molar-refractivity contribution < 1.29 is 14.0 Å². The molecular weight excluding hydrogens is 331 g/mol. The summed E-state index contributed by atoms with van der Waals surface area (Å²) in [6.45, 7) is 1.64. The van der Waals surface area contributed by atoms with Crippen molar-refractivity contribution in [3.63, 3.8) is 0 Å². The van der Waals surface area contributed by atoms with E-state index in [0.717, 1.165) is 37.9 Å². The smallest absolute Gasteiger partial charge is 0.253 e. The van der Waals surface area contributed by atoms with Crippen molar-refractivity contribution in [2.75, 3.05) is 18.4 Å². The maximum Gasteiger partial charge on any atom is 0.253 e. The van der Waals surface area contributed by atoms with Crippen LogP contribution in [0.2, 0.25) is 0 Å². The number of benzene rings is 2. The van der Waals surface area contributed by atoms with Gasteiger partial charge in [-0.3, -0.25) is 9.59 Å². The van der Waals surface area contributed by atoms with E-state index in [4.69, 9.17) is 0 Å². The molecule has 2 aromatic carbocycles. The van der Waals surface area contributed by atoms with E-state index in [-0.39, 0.29) is 29.5 Å². The van der Waals surface area contributed by atoms with E-state index in [9.17, 15) is 14.0 Å². The van der Waals surface area contributed by atoms with Gasteiger partial charge in [0.15, 0.2) is 0 Å². The molecule has 1 heterocycles. The molecule has 0 radical (unpaired) electrons. The second-order valence-corrected chi connectivity index (χ2v) is 7.07. The van der Waals surface area contributed by atoms with Gasteiger partial charge in [-0.1, -0.05) is 12.1 Å². The average molecular weight is 352 g/mol. The molecule has 0 spiro atoms. The Bertz CT molecular complexity index is 828. The minimum Gasteiger partial charge on any atom is -0.339 e. The van der Waals surface area contributed by atoms with E-state index in [1.54, 1.807) is 30.3 Å². The third-order valence-corrected chi connectivity index (χ3v) is 5.20. The number of nitrogens with zero attached hydrogens (tertiary/aromatic N) is 1. The van der Waals surface area contributed by atoms with Crippen molar-refractivity contribution >= 4 is 17.5 Å². The van der Waals surface area contributed by atoms with E-state index in [1.165, 1.54) is 12.1 Å². The van der Waals surface area contributed by atoms with Crippen LogP contribution in [0.1, 0.15) is 41.1 Å². The molecule has 2 aromatic rings. The summed E-state index contributed by atoms with van der Waals surface area (Å²) < 4.78 is 13.3. The Hall–Kier alpha value is -2.69. The Morgan fingerprint density at radius 1 is 1.04 bits per heavy atom. The van der Waals surface area contributed by atoms with E-state index in [0.29, 0.717) is 11.3 Å². The number of carbonyl (C=O) groups excluding carboxylic acids is 2. The van der Waals surface area contributed by atoms with E-state index >= 15 is 0 Å². The second-order valence-electron chi connectivity index (χ2n) is 7.07. The minimum atomic E-state index is -0.271. The third-order valence-electron chi connectivity index (χ3n) is 5.20. The molecule has 2 atom stereocenters. The molecule has 0 bridgehead atoms. The van der Waals surface area contributed by atoms with Gasteiger partial charge in [-0.15, -0.1) is 0 Å². The molecule has 0 aromatic heterocycles. The standard InChI is InChI=1S/C21H21FN2O2/c22-16-5-3-4-15(12-16)18-13-19(18)20(25)23-17-8-6-14(7-9-17)21(26)24-10-1-2-11-24/h3-9,12,18-19H,1-2,10-11,13H2,(H,23,25)/t18-,19-/m0/s1. The zero-order chi connectivity index (χ0) is 18.1. The largest absolute Gasteiger partial charge is 0.339 e. The fourth-order valence-electron chi connectivity index (χ4n) is 3.62. The monoisotopic (exact) mass is 352 g/mol. The first-order chi connectivity index (χ1) is 12.6. The van der Waals surface area contributed by atoms with Crippen LogP contribution in [0.4, 0.5) is 10.1 Å². The number of likely N-dealkylation sites (tertiary alicyclic amines) is 1. The minimum absolute atomic E-state index is 0.0498. The van der Waals surface area contributed by atoms with Crippen molar-refractivity contribution in [2.45, 2.75) is 25.2 Å². The van der Waals surface area contributed by atoms with Gasteiger partial charge >= 0.3 is 0 Å². The lowest BCUT2D eigenvalue weighted by Gasteiger charge is -2.15. The number of hydrogen-bond acceptors (Lipinski definition) is 2. The lowest BCUT2D eigenvalue weighted by atomic mass is 10.1. The molecule has 2 aliphatic rings. The molecule has 26 heavy (non-hydrogen) atoms. The Balaban J connectivity index is 1.36. The Morgan fingerprint density at radius 2 is 1.77 bits per heavy atom.